The Hall–Kier alpha value is -0.570. The standard InChI is InChI=1S/C14H21ClN2/c1-14(2)10-16-8-7-13(14)17-9-11-3-5-12(15)6-4-11/h3-6,13,16-17H,7-10H2,1-2H3. The van der Waals surface area contributed by atoms with Crippen LogP contribution in [0.15, 0.2) is 24.3 Å². The first-order valence-corrected chi connectivity index (χ1v) is 6.64. The maximum Gasteiger partial charge on any atom is 0.0406 e. The van der Waals surface area contributed by atoms with Crippen molar-refractivity contribution in [2.75, 3.05) is 13.1 Å². The number of benzene rings is 1. The maximum absolute atomic E-state index is 5.88. The van der Waals surface area contributed by atoms with Gasteiger partial charge in [0.25, 0.3) is 0 Å². The fourth-order valence-corrected chi connectivity index (χ4v) is 2.52. The monoisotopic (exact) mass is 252 g/mol. The number of piperidine rings is 1. The van der Waals surface area contributed by atoms with Crippen LogP contribution in [-0.4, -0.2) is 19.1 Å². The molecule has 1 aliphatic rings. The highest BCUT2D eigenvalue weighted by atomic mass is 35.5. The molecule has 1 aromatic carbocycles. The fraction of sp³-hybridized carbons (Fsp3) is 0.571. The van der Waals surface area contributed by atoms with Gasteiger partial charge in [0, 0.05) is 24.2 Å². The Bertz CT molecular complexity index is 359. The Morgan fingerprint density at radius 3 is 2.71 bits per heavy atom. The lowest BCUT2D eigenvalue weighted by atomic mass is 9.80. The number of hydrogen-bond acceptors (Lipinski definition) is 2. The Kier molecular flexibility index (Phi) is 4.08. The van der Waals surface area contributed by atoms with Crippen molar-refractivity contribution < 1.29 is 0 Å². The summed E-state index contributed by atoms with van der Waals surface area (Å²) < 4.78 is 0. The molecule has 0 spiro atoms. The zero-order valence-electron chi connectivity index (χ0n) is 10.6. The van der Waals surface area contributed by atoms with Crippen molar-refractivity contribution in [3.63, 3.8) is 0 Å². The summed E-state index contributed by atoms with van der Waals surface area (Å²) in [5, 5.41) is 7.92. The van der Waals surface area contributed by atoms with Crippen LogP contribution in [0.4, 0.5) is 0 Å². The molecule has 0 bridgehead atoms. The van der Waals surface area contributed by atoms with E-state index in [0.29, 0.717) is 11.5 Å². The Morgan fingerprint density at radius 2 is 2.06 bits per heavy atom. The minimum Gasteiger partial charge on any atom is -0.316 e. The highest BCUT2D eigenvalue weighted by molar-refractivity contribution is 6.30. The molecule has 0 aliphatic carbocycles. The molecule has 94 valence electrons. The van der Waals surface area contributed by atoms with E-state index in [1.54, 1.807) is 0 Å². The average Bonchev–Trinajstić information content (AvgIpc) is 2.29. The molecule has 1 unspecified atom stereocenters. The second-order valence-corrected chi connectivity index (χ2v) is 5.95. The number of rotatable bonds is 3. The molecular formula is C14H21ClN2. The van der Waals surface area contributed by atoms with Crippen LogP contribution in [0.5, 0.6) is 0 Å². The summed E-state index contributed by atoms with van der Waals surface area (Å²) in [5.41, 5.74) is 1.62. The van der Waals surface area contributed by atoms with Crippen LogP contribution in [0.2, 0.25) is 5.02 Å². The van der Waals surface area contributed by atoms with E-state index in [-0.39, 0.29) is 0 Å². The first-order chi connectivity index (χ1) is 8.08. The number of halogens is 1. The molecule has 0 aromatic heterocycles. The lowest BCUT2D eigenvalue weighted by Gasteiger charge is -2.39. The molecule has 1 atom stereocenters. The molecule has 1 saturated heterocycles. The predicted octanol–water partition coefficient (Wildman–Crippen LogP) is 2.82. The normalized spacial score (nSPS) is 23.6. The van der Waals surface area contributed by atoms with Crippen molar-refractivity contribution in [2.24, 2.45) is 5.41 Å². The van der Waals surface area contributed by atoms with Crippen molar-refractivity contribution in [3.8, 4) is 0 Å². The number of nitrogens with one attached hydrogen (secondary N) is 2. The van der Waals surface area contributed by atoms with Gasteiger partial charge in [0.05, 0.1) is 0 Å². The average molecular weight is 253 g/mol. The van der Waals surface area contributed by atoms with Gasteiger partial charge in [-0.25, -0.2) is 0 Å². The summed E-state index contributed by atoms with van der Waals surface area (Å²) in [6, 6.07) is 8.66. The zero-order valence-corrected chi connectivity index (χ0v) is 11.3. The quantitative estimate of drug-likeness (QED) is 0.865. The highest BCUT2D eigenvalue weighted by Gasteiger charge is 2.31. The second kappa shape index (κ2) is 5.38. The van der Waals surface area contributed by atoms with Crippen molar-refractivity contribution in [1.82, 2.24) is 10.6 Å². The molecular weight excluding hydrogens is 232 g/mol. The van der Waals surface area contributed by atoms with Gasteiger partial charge >= 0.3 is 0 Å². The van der Waals surface area contributed by atoms with E-state index in [4.69, 9.17) is 11.6 Å². The largest absolute Gasteiger partial charge is 0.316 e. The van der Waals surface area contributed by atoms with Gasteiger partial charge in [0.2, 0.25) is 0 Å². The van der Waals surface area contributed by atoms with Crippen LogP contribution in [0.3, 0.4) is 0 Å². The third-order valence-corrected chi connectivity index (χ3v) is 3.85. The third kappa shape index (κ3) is 3.44. The van der Waals surface area contributed by atoms with Gasteiger partial charge in [-0.3, -0.25) is 0 Å². The van der Waals surface area contributed by atoms with E-state index < -0.39 is 0 Å². The van der Waals surface area contributed by atoms with Crippen molar-refractivity contribution >= 4 is 11.6 Å². The van der Waals surface area contributed by atoms with Gasteiger partial charge in [0.1, 0.15) is 0 Å². The molecule has 17 heavy (non-hydrogen) atoms. The van der Waals surface area contributed by atoms with Crippen molar-refractivity contribution in [2.45, 2.75) is 32.9 Å². The van der Waals surface area contributed by atoms with Crippen LogP contribution >= 0.6 is 11.6 Å². The van der Waals surface area contributed by atoms with Gasteiger partial charge < -0.3 is 10.6 Å². The van der Waals surface area contributed by atoms with Gasteiger partial charge in [-0.15, -0.1) is 0 Å². The minimum absolute atomic E-state index is 0.324. The van der Waals surface area contributed by atoms with Crippen LogP contribution in [-0.2, 0) is 6.54 Å². The van der Waals surface area contributed by atoms with Gasteiger partial charge in [-0.2, -0.15) is 0 Å². The van der Waals surface area contributed by atoms with E-state index in [9.17, 15) is 0 Å². The van der Waals surface area contributed by atoms with Crippen molar-refractivity contribution in [1.29, 1.82) is 0 Å². The number of hydrogen-bond donors (Lipinski definition) is 2. The first-order valence-electron chi connectivity index (χ1n) is 6.26. The van der Waals surface area contributed by atoms with Gasteiger partial charge in [-0.05, 0) is 36.1 Å². The molecule has 1 fully saturated rings. The molecule has 2 nitrogen and oxygen atoms in total. The smallest absolute Gasteiger partial charge is 0.0406 e. The Morgan fingerprint density at radius 1 is 1.35 bits per heavy atom. The predicted molar refractivity (Wildman–Crippen MR) is 73.3 cm³/mol. The minimum atomic E-state index is 0.324. The Labute approximate surface area is 109 Å². The fourth-order valence-electron chi connectivity index (χ4n) is 2.39. The topological polar surface area (TPSA) is 24.1 Å². The summed E-state index contributed by atoms with van der Waals surface area (Å²) in [5.74, 6) is 0. The summed E-state index contributed by atoms with van der Waals surface area (Å²) in [4.78, 5) is 0. The van der Waals surface area contributed by atoms with E-state index in [0.717, 1.165) is 24.7 Å². The molecule has 0 radical (unpaired) electrons. The Balaban J connectivity index is 1.91. The molecule has 0 saturated carbocycles. The second-order valence-electron chi connectivity index (χ2n) is 5.51. The summed E-state index contributed by atoms with van der Waals surface area (Å²) >= 11 is 5.88. The van der Waals surface area contributed by atoms with Crippen LogP contribution in [0.1, 0.15) is 25.8 Å². The van der Waals surface area contributed by atoms with Crippen LogP contribution < -0.4 is 10.6 Å². The molecule has 1 aliphatic heterocycles. The van der Waals surface area contributed by atoms with Gasteiger partial charge in [0.15, 0.2) is 0 Å². The van der Waals surface area contributed by atoms with E-state index >= 15 is 0 Å². The van der Waals surface area contributed by atoms with E-state index in [2.05, 4.69) is 36.6 Å². The van der Waals surface area contributed by atoms with Crippen LogP contribution in [0.25, 0.3) is 0 Å². The van der Waals surface area contributed by atoms with Gasteiger partial charge in [-0.1, -0.05) is 37.6 Å². The molecule has 3 heteroatoms. The molecule has 2 rings (SSSR count). The summed E-state index contributed by atoms with van der Waals surface area (Å²) in [6.07, 6.45) is 1.20. The van der Waals surface area contributed by atoms with Crippen molar-refractivity contribution in [3.05, 3.63) is 34.9 Å². The molecule has 2 N–H and O–H groups in total. The first kappa shape index (κ1) is 12.9. The SMILES string of the molecule is CC1(C)CNCCC1NCc1ccc(Cl)cc1. The molecule has 0 amide bonds. The van der Waals surface area contributed by atoms with Crippen LogP contribution in [0, 0.1) is 5.41 Å². The third-order valence-electron chi connectivity index (χ3n) is 3.60. The zero-order chi connectivity index (χ0) is 12.3. The summed E-state index contributed by atoms with van der Waals surface area (Å²) in [7, 11) is 0. The molecule has 1 aromatic rings. The highest BCUT2D eigenvalue weighted by Crippen LogP contribution is 2.25. The van der Waals surface area contributed by atoms with E-state index in [1.165, 1.54) is 12.0 Å². The van der Waals surface area contributed by atoms with E-state index in [1.807, 2.05) is 12.1 Å². The maximum atomic E-state index is 5.88. The molecule has 1 heterocycles. The lowest BCUT2D eigenvalue weighted by Crippen LogP contribution is -2.52. The lowest BCUT2D eigenvalue weighted by molar-refractivity contribution is 0.184. The summed E-state index contributed by atoms with van der Waals surface area (Å²) in [6.45, 7) is 7.76.